The highest BCUT2D eigenvalue weighted by molar-refractivity contribution is 7.99. The largest absolute Gasteiger partial charge is 0.495 e. The van der Waals surface area contributed by atoms with Gasteiger partial charge in [-0.1, -0.05) is 23.7 Å². The number of imide groups is 1. The maximum Gasteiger partial charge on any atom is 0.261 e. The smallest absolute Gasteiger partial charge is 0.261 e. The zero-order valence-corrected chi connectivity index (χ0v) is 17.0. The third-order valence-corrected chi connectivity index (χ3v) is 5.67. The fourth-order valence-electron chi connectivity index (χ4n) is 2.88. The molecule has 0 saturated carbocycles. The average Bonchev–Trinajstić information content (AvgIpc) is 2.92. The Morgan fingerprint density at radius 1 is 1.18 bits per heavy atom. The number of hydrogen-bond donors (Lipinski definition) is 1. The maximum absolute atomic E-state index is 12.3. The van der Waals surface area contributed by atoms with Gasteiger partial charge in [0.1, 0.15) is 5.75 Å². The maximum atomic E-state index is 12.3. The highest BCUT2D eigenvalue weighted by Gasteiger charge is 2.34. The molecule has 0 saturated heterocycles. The number of fused-ring (bicyclic) bond motifs is 1. The van der Waals surface area contributed by atoms with E-state index in [4.69, 9.17) is 16.3 Å². The van der Waals surface area contributed by atoms with E-state index in [0.717, 1.165) is 5.56 Å². The average molecular weight is 419 g/mol. The lowest BCUT2D eigenvalue weighted by Crippen LogP contribution is -2.32. The quantitative estimate of drug-likeness (QED) is 0.549. The summed E-state index contributed by atoms with van der Waals surface area (Å²) >= 11 is 7.41. The predicted molar refractivity (Wildman–Crippen MR) is 111 cm³/mol. The Morgan fingerprint density at radius 2 is 1.82 bits per heavy atom. The van der Waals surface area contributed by atoms with Gasteiger partial charge in [0.15, 0.2) is 0 Å². The van der Waals surface area contributed by atoms with Crippen molar-refractivity contribution in [2.45, 2.75) is 6.92 Å². The number of ether oxygens (including phenoxy) is 1. The second-order valence-corrected chi connectivity index (χ2v) is 7.72. The number of carbonyl (C=O) groups is 3. The summed E-state index contributed by atoms with van der Waals surface area (Å²) in [5.41, 5.74) is 2.24. The Bertz CT molecular complexity index is 913. The first-order valence-corrected chi connectivity index (χ1v) is 10.1. The number of nitrogens with zero attached hydrogens (tertiary/aromatic N) is 1. The van der Waals surface area contributed by atoms with Crippen LogP contribution in [0, 0.1) is 6.92 Å². The topological polar surface area (TPSA) is 75.7 Å². The van der Waals surface area contributed by atoms with Crippen molar-refractivity contribution in [3.8, 4) is 5.75 Å². The zero-order chi connectivity index (χ0) is 20.3. The van der Waals surface area contributed by atoms with Crippen molar-refractivity contribution in [1.29, 1.82) is 0 Å². The van der Waals surface area contributed by atoms with Crippen LogP contribution in [-0.2, 0) is 4.79 Å². The van der Waals surface area contributed by atoms with Crippen molar-refractivity contribution in [2.24, 2.45) is 0 Å². The summed E-state index contributed by atoms with van der Waals surface area (Å²) in [6.45, 7) is 2.10. The first kappa shape index (κ1) is 20.2. The fraction of sp³-hybridized carbons (Fsp3) is 0.250. The van der Waals surface area contributed by atoms with Crippen LogP contribution in [0.25, 0.3) is 0 Å². The molecule has 8 heteroatoms. The molecule has 2 aromatic carbocycles. The van der Waals surface area contributed by atoms with E-state index < -0.39 is 0 Å². The lowest BCUT2D eigenvalue weighted by molar-refractivity contribution is -0.113. The lowest BCUT2D eigenvalue weighted by atomic mass is 10.1. The molecule has 0 radical (unpaired) electrons. The molecule has 1 aliphatic rings. The van der Waals surface area contributed by atoms with Crippen LogP contribution in [0.4, 0.5) is 5.69 Å². The molecule has 28 heavy (non-hydrogen) atoms. The van der Waals surface area contributed by atoms with E-state index in [1.807, 2.05) is 6.92 Å². The zero-order valence-electron chi connectivity index (χ0n) is 15.5. The molecule has 0 bridgehead atoms. The van der Waals surface area contributed by atoms with Gasteiger partial charge in [0.05, 0.1) is 29.7 Å². The Hall–Kier alpha value is -2.51. The van der Waals surface area contributed by atoms with Gasteiger partial charge in [-0.15, -0.1) is 0 Å². The summed E-state index contributed by atoms with van der Waals surface area (Å²) in [7, 11) is 1.51. The first-order chi connectivity index (χ1) is 13.4. The number of anilines is 1. The van der Waals surface area contributed by atoms with Crippen LogP contribution < -0.4 is 10.1 Å². The standard InChI is InChI=1S/C20H19ClN2O4S/c1-12-9-16(17(27-2)10-15(12)21)22-18(24)11-28-8-7-23-19(25)13-5-3-4-6-14(13)20(23)26/h3-6,9-10H,7-8,11H2,1-2H3,(H,22,24). The second kappa shape index (κ2) is 8.67. The molecule has 0 unspecified atom stereocenters. The molecular weight excluding hydrogens is 400 g/mol. The number of methoxy groups -OCH3 is 1. The molecule has 0 spiro atoms. The SMILES string of the molecule is COc1cc(Cl)c(C)cc1NC(=O)CSCCN1C(=O)c2ccccc2C1=O. The summed E-state index contributed by atoms with van der Waals surface area (Å²) in [6.07, 6.45) is 0. The van der Waals surface area contributed by atoms with Gasteiger partial charge in [-0.25, -0.2) is 0 Å². The van der Waals surface area contributed by atoms with Crippen LogP contribution in [0.15, 0.2) is 36.4 Å². The monoisotopic (exact) mass is 418 g/mol. The number of halogens is 1. The van der Waals surface area contributed by atoms with Crippen LogP contribution >= 0.6 is 23.4 Å². The number of aryl methyl sites for hydroxylation is 1. The molecule has 1 N–H and O–H groups in total. The Balaban J connectivity index is 1.50. The summed E-state index contributed by atoms with van der Waals surface area (Å²) in [6, 6.07) is 10.2. The molecule has 0 aromatic heterocycles. The number of amides is 3. The lowest BCUT2D eigenvalue weighted by Gasteiger charge is -2.14. The number of hydrogen-bond acceptors (Lipinski definition) is 5. The highest BCUT2D eigenvalue weighted by Crippen LogP contribution is 2.31. The van der Waals surface area contributed by atoms with Gasteiger partial charge in [0, 0.05) is 23.4 Å². The highest BCUT2D eigenvalue weighted by atomic mass is 35.5. The molecule has 3 rings (SSSR count). The van der Waals surface area contributed by atoms with Crippen LogP contribution in [0.1, 0.15) is 26.3 Å². The van der Waals surface area contributed by atoms with Crippen LogP contribution in [0.5, 0.6) is 5.75 Å². The minimum absolute atomic E-state index is 0.188. The fourth-order valence-corrected chi connectivity index (χ4v) is 3.75. The molecule has 2 aromatic rings. The third-order valence-electron chi connectivity index (χ3n) is 4.33. The van der Waals surface area contributed by atoms with Crippen molar-refractivity contribution in [1.82, 2.24) is 4.90 Å². The minimum Gasteiger partial charge on any atom is -0.495 e. The normalized spacial score (nSPS) is 12.9. The molecule has 0 atom stereocenters. The molecule has 0 fully saturated rings. The second-order valence-electron chi connectivity index (χ2n) is 6.21. The van der Waals surface area contributed by atoms with Crippen molar-refractivity contribution in [3.63, 3.8) is 0 Å². The Labute approximate surface area is 172 Å². The van der Waals surface area contributed by atoms with E-state index >= 15 is 0 Å². The van der Waals surface area contributed by atoms with E-state index in [-0.39, 0.29) is 30.0 Å². The number of rotatable bonds is 7. The minimum atomic E-state index is -0.285. The van der Waals surface area contributed by atoms with Crippen molar-refractivity contribution < 1.29 is 19.1 Å². The van der Waals surface area contributed by atoms with Crippen molar-refractivity contribution in [2.75, 3.05) is 30.5 Å². The molecule has 1 aliphatic heterocycles. The van der Waals surface area contributed by atoms with Gasteiger partial charge in [-0.2, -0.15) is 11.8 Å². The number of thioether (sulfide) groups is 1. The summed E-state index contributed by atoms with van der Waals surface area (Å²) in [4.78, 5) is 38.0. The molecule has 146 valence electrons. The van der Waals surface area contributed by atoms with Gasteiger partial charge in [0.25, 0.3) is 11.8 Å². The molecule has 1 heterocycles. The Kier molecular flexibility index (Phi) is 6.26. The summed E-state index contributed by atoms with van der Waals surface area (Å²) in [5, 5.41) is 3.36. The van der Waals surface area contributed by atoms with E-state index in [2.05, 4.69) is 5.32 Å². The van der Waals surface area contributed by atoms with Gasteiger partial charge in [-0.3, -0.25) is 19.3 Å². The predicted octanol–water partition coefficient (Wildman–Crippen LogP) is 3.62. The van der Waals surface area contributed by atoms with Crippen LogP contribution in [0.3, 0.4) is 0 Å². The van der Waals surface area contributed by atoms with Crippen LogP contribution in [0.2, 0.25) is 5.02 Å². The van der Waals surface area contributed by atoms with Crippen molar-refractivity contribution >= 4 is 46.8 Å². The molecule has 6 nitrogen and oxygen atoms in total. The molecular formula is C20H19ClN2O4S. The van der Waals surface area contributed by atoms with E-state index in [1.165, 1.54) is 23.8 Å². The van der Waals surface area contributed by atoms with E-state index in [0.29, 0.717) is 33.3 Å². The van der Waals surface area contributed by atoms with E-state index in [1.54, 1.807) is 36.4 Å². The van der Waals surface area contributed by atoms with Crippen LogP contribution in [-0.4, -0.2) is 47.8 Å². The Morgan fingerprint density at radius 3 is 2.43 bits per heavy atom. The van der Waals surface area contributed by atoms with Crippen molar-refractivity contribution in [3.05, 3.63) is 58.1 Å². The number of nitrogens with one attached hydrogen (secondary N) is 1. The van der Waals surface area contributed by atoms with E-state index in [9.17, 15) is 14.4 Å². The summed E-state index contributed by atoms with van der Waals surface area (Å²) < 4.78 is 5.24. The molecule has 3 amide bonds. The number of carbonyl (C=O) groups excluding carboxylic acids is 3. The van der Waals surface area contributed by atoms with Gasteiger partial charge in [-0.05, 0) is 30.7 Å². The molecule has 0 aliphatic carbocycles. The number of benzene rings is 2. The third kappa shape index (κ3) is 4.15. The van der Waals surface area contributed by atoms with Gasteiger partial charge >= 0.3 is 0 Å². The van der Waals surface area contributed by atoms with Gasteiger partial charge < -0.3 is 10.1 Å². The van der Waals surface area contributed by atoms with Gasteiger partial charge in [0.2, 0.25) is 5.91 Å². The first-order valence-electron chi connectivity index (χ1n) is 8.59. The summed E-state index contributed by atoms with van der Waals surface area (Å²) in [5.74, 6) is 0.371.